The van der Waals surface area contributed by atoms with Crippen molar-refractivity contribution in [3.63, 3.8) is 0 Å². The highest BCUT2D eigenvalue weighted by molar-refractivity contribution is 14.1. The van der Waals surface area contributed by atoms with E-state index < -0.39 is 0 Å². The predicted molar refractivity (Wildman–Crippen MR) is 73.5 cm³/mol. The second-order valence-electron chi connectivity index (χ2n) is 4.86. The van der Waals surface area contributed by atoms with Gasteiger partial charge in [0, 0.05) is 19.0 Å². The third kappa shape index (κ3) is 4.10. The number of amides is 1. The van der Waals surface area contributed by atoms with Crippen LogP contribution in [-0.4, -0.2) is 24.4 Å². The molecule has 2 nitrogen and oxygen atoms in total. The predicted octanol–water partition coefficient (Wildman–Crippen LogP) is 3.47. The summed E-state index contributed by atoms with van der Waals surface area (Å²) in [5, 5.41) is 1.92. The first-order valence-corrected chi connectivity index (χ1v) is 6.75. The van der Waals surface area contributed by atoms with Crippen LogP contribution in [0.3, 0.4) is 0 Å². The van der Waals surface area contributed by atoms with Crippen LogP contribution in [0.15, 0.2) is 11.4 Å². The lowest BCUT2D eigenvalue weighted by molar-refractivity contribution is 0.0746. The number of carbonyl (C=O) groups excluding carboxylic acids is 1. The summed E-state index contributed by atoms with van der Waals surface area (Å²) in [6, 6.07) is 1.94. The lowest BCUT2D eigenvalue weighted by Crippen LogP contribution is -2.34. The average Bonchev–Trinajstić information content (AvgIpc) is 2.47. The maximum atomic E-state index is 12.0. The average molecular weight is 337 g/mol. The molecule has 0 aliphatic rings. The Bertz CT molecular complexity index is 354. The van der Waals surface area contributed by atoms with Crippen LogP contribution in [0.4, 0.5) is 0 Å². The molecule has 0 spiro atoms. The Morgan fingerprint density at radius 1 is 1.53 bits per heavy atom. The number of thiophene rings is 1. The quantitative estimate of drug-likeness (QED) is 0.757. The van der Waals surface area contributed by atoms with E-state index in [4.69, 9.17) is 0 Å². The zero-order valence-electron chi connectivity index (χ0n) is 9.50. The molecule has 1 amide bonds. The van der Waals surface area contributed by atoms with Crippen molar-refractivity contribution in [1.82, 2.24) is 4.90 Å². The summed E-state index contributed by atoms with van der Waals surface area (Å²) in [6.07, 6.45) is 0. The first-order chi connectivity index (χ1) is 6.79. The van der Waals surface area contributed by atoms with Gasteiger partial charge in [0.05, 0.1) is 8.45 Å². The van der Waals surface area contributed by atoms with E-state index in [1.54, 1.807) is 16.2 Å². The number of hydrogen-bond acceptors (Lipinski definition) is 2. The fourth-order valence-corrected chi connectivity index (χ4v) is 2.75. The summed E-state index contributed by atoms with van der Waals surface area (Å²) < 4.78 is 1.15. The van der Waals surface area contributed by atoms with Gasteiger partial charge in [0.1, 0.15) is 0 Å². The van der Waals surface area contributed by atoms with Gasteiger partial charge in [0.25, 0.3) is 5.91 Å². The van der Waals surface area contributed by atoms with Crippen molar-refractivity contribution in [2.24, 2.45) is 5.41 Å². The molecule has 1 aromatic rings. The minimum Gasteiger partial charge on any atom is -0.341 e. The van der Waals surface area contributed by atoms with Gasteiger partial charge in [-0.2, -0.15) is 0 Å². The smallest absolute Gasteiger partial charge is 0.254 e. The fourth-order valence-electron chi connectivity index (χ4n) is 1.43. The van der Waals surface area contributed by atoms with Gasteiger partial charge in [-0.15, -0.1) is 11.3 Å². The van der Waals surface area contributed by atoms with E-state index in [0.717, 1.165) is 15.0 Å². The maximum absolute atomic E-state index is 12.0. The Morgan fingerprint density at radius 3 is 2.53 bits per heavy atom. The van der Waals surface area contributed by atoms with Gasteiger partial charge in [-0.3, -0.25) is 4.79 Å². The van der Waals surface area contributed by atoms with Gasteiger partial charge in [0.15, 0.2) is 0 Å². The number of nitrogens with zero attached hydrogens (tertiary/aromatic N) is 1. The minimum absolute atomic E-state index is 0.115. The molecule has 4 heteroatoms. The van der Waals surface area contributed by atoms with Crippen LogP contribution in [-0.2, 0) is 0 Å². The van der Waals surface area contributed by atoms with E-state index in [1.807, 2.05) is 18.5 Å². The van der Waals surface area contributed by atoms with E-state index in [-0.39, 0.29) is 11.3 Å². The highest BCUT2D eigenvalue weighted by Gasteiger charge is 2.19. The molecule has 0 saturated heterocycles. The molecule has 15 heavy (non-hydrogen) atoms. The van der Waals surface area contributed by atoms with Crippen molar-refractivity contribution >= 4 is 39.8 Å². The third-order valence-electron chi connectivity index (χ3n) is 1.87. The van der Waals surface area contributed by atoms with Gasteiger partial charge < -0.3 is 4.90 Å². The van der Waals surface area contributed by atoms with Crippen LogP contribution in [0.5, 0.6) is 0 Å². The Hall–Kier alpha value is -0.100. The standard InChI is InChI=1S/C11H16INOS/c1-11(2,3)7-13(4)10(14)8-5-9(12)15-6-8/h5-6H,7H2,1-4H3. The molecule has 0 aliphatic carbocycles. The summed E-state index contributed by atoms with van der Waals surface area (Å²) in [5.41, 5.74) is 0.948. The van der Waals surface area contributed by atoms with E-state index >= 15 is 0 Å². The monoisotopic (exact) mass is 337 g/mol. The van der Waals surface area contributed by atoms with Crippen LogP contribution >= 0.6 is 33.9 Å². The van der Waals surface area contributed by atoms with Crippen molar-refractivity contribution in [1.29, 1.82) is 0 Å². The van der Waals surface area contributed by atoms with E-state index in [0.29, 0.717) is 0 Å². The molecule has 0 bridgehead atoms. The Balaban J connectivity index is 2.69. The van der Waals surface area contributed by atoms with E-state index in [1.165, 1.54) is 0 Å². The van der Waals surface area contributed by atoms with E-state index in [2.05, 4.69) is 43.4 Å². The van der Waals surface area contributed by atoms with Gasteiger partial charge in [-0.1, -0.05) is 20.8 Å². The lowest BCUT2D eigenvalue weighted by atomic mass is 9.96. The van der Waals surface area contributed by atoms with Crippen molar-refractivity contribution in [3.05, 3.63) is 19.9 Å². The number of hydrogen-bond donors (Lipinski definition) is 0. The molecule has 84 valence electrons. The minimum atomic E-state index is 0.115. The summed E-state index contributed by atoms with van der Waals surface area (Å²) in [4.78, 5) is 13.8. The van der Waals surface area contributed by atoms with Crippen molar-refractivity contribution in [2.45, 2.75) is 20.8 Å². The molecule has 1 rings (SSSR count). The van der Waals surface area contributed by atoms with Gasteiger partial charge >= 0.3 is 0 Å². The summed E-state index contributed by atoms with van der Waals surface area (Å²) in [6.45, 7) is 7.18. The molecule has 0 aromatic carbocycles. The zero-order chi connectivity index (χ0) is 11.6. The highest BCUT2D eigenvalue weighted by Crippen LogP contribution is 2.20. The maximum Gasteiger partial charge on any atom is 0.254 e. The molecule has 0 unspecified atom stereocenters. The molecule has 1 aromatic heterocycles. The number of rotatable bonds is 2. The van der Waals surface area contributed by atoms with Crippen molar-refractivity contribution in [2.75, 3.05) is 13.6 Å². The zero-order valence-corrected chi connectivity index (χ0v) is 12.5. The first-order valence-electron chi connectivity index (χ1n) is 4.79. The van der Waals surface area contributed by atoms with Crippen LogP contribution < -0.4 is 0 Å². The van der Waals surface area contributed by atoms with Crippen LogP contribution in [0.25, 0.3) is 0 Å². The summed E-state index contributed by atoms with van der Waals surface area (Å²) in [5.74, 6) is 0.115. The van der Waals surface area contributed by atoms with Gasteiger partial charge in [-0.25, -0.2) is 0 Å². The SMILES string of the molecule is CN(CC(C)(C)C)C(=O)c1csc(I)c1. The van der Waals surface area contributed by atoms with Crippen LogP contribution in [0.2, 0.25) is 0 Å². The lowest BCUT2D eigenvalue weighted by Gasteiger charge is -2.26. The summed E-state index contributed by atoms with van der Waals surface area (Å²) >= 11 is 3.84. The molecular formula is C11H16INOS. The molecule has 0 atom stereocenters. The number of halogens is 1. The van der Waals surface area contributed by atoms with Crippen molar-refractivity contribution in [3.8, 4) is 0 Å². The molecule has 0 saturated carbocycles. The topological polar surface area (TPSA) is 20.3 Å². The molecule has 0 fully saturated rings. The number of carbonyl (C=O) groups is 1. The largest absolute Gasteiger partial charge is 0.341 e. The third-order valence-corrected chi connectivity index (χ3v) is 3.66. The fraction of sp³-hybridized carbons (Fsp3) is 0.545. The Kier molecular flexibility index (Phi) is 4.17. The molecular weight excluding hydrogens is 321 g/mol. The van der Waals surface area contributed by atoms with Gasteiger partial charge in [-0.05, 0) is 34.1 Å². The van der Waals surface area contributed by atoms with Gasteiger partial charge in [0.2, 0.25) is 0 Å². The second-order valence-corrected chi connectivity index (χ2v) is 7.67. The normalized spacial score (nSPS) is 11.5. The first kappa shape index (κ1) is 13.0. The Morgan fingerprint density at radius 2 is 2.13 bits per heavy atom. The van der Waals surface area contributed by atoms with Crippen LogP contribution in [0.1, 0.15) is 31.1 Å². The second kappa shape index (κ2) is 4.82. The van der Waals surface area contributed by atoms with E-state index in [9.17, 15) is 4.79 Å². The summed E-state index contributed by atoms with van der Waals surface area (Å²) in [7, 11) is 1.86. The highest BCUT2D eigenvalue weighted by atomic mass is 127. The molecule has 1 heterocycles. The molecule has 0 aliphatic heterocycles. The molecule has 0 N–H and O–H groups in total. The Labute approximate surface area is 109 Å². The molecule has 0 radical (unpaired) electrons. The van der Waals surface area contributed by atoms with Crippen LogP contribution in [0, 0.1) is 8.30 Å². The van der Waals surface area contributed by atoms with Crippen molar-refractivity contribution < 1.29 is 4.79 Å².